The van der Waals surface area contributed by atoms with Gasteiger partial charge in [-0.05, 0) is 37.5 Å². The fourth-order valence-corrected chi connectivity index (χ4v) is 3.77. The number of hydrogen-bond acceptors (Lipinski definition) is 8. The molecular weight excluding hydrogens is 452 g/mol. The monoisotopic (exact) mass is 482 g/mol. The lowest BCUT2D eigenvalue weighted by Gasteiger charge is -2.29. The number of carbonyl (C=O) groups is 4. The van der Waals surface area contributed by atoms with Gasteiger partial charge in [0, 0.05) is 18.7 Å². The molecule has 33 heavy (non-hydrogen) atoms. The molecule has 2 rings (SSSR count). The third kappa shape index (κ3) is 7.07. The number of benzene rings is 1. The van der Waals surface area contributed by atoms with E-state index >= 15 is 0 Å². The summed E-state index contributed by atoms with van der Waals surface area (Å²) in [5, 5.41) is 33.4. The van der Waals surface area contributed by atoms with Crippen LogP contribution in [-0.2, 0) is 25.6 Å². The van der Waals surface area contributed by atoms with E-state index in [9.17, 15) is 34.5 Å². The van der Waals surface area contributed by atoms with Crippen molar-refractivity contribution in [2.45, 2.75) is 56.5 Å². The number of nitrogens with one attached hydrogen (secondary N) is 2. The van der Waals surface area contributed by atoms with Crippen LogP contribution in [0.5, 0.6) is 5.75 Å². The molecule has 5 unspecified atom stereocenters. The van der Waals surface area contributed by atoms with E-state index < -0.39 is 54.0 Å². The minimum absolute atomic E-state index is 0.0310. The van der Waals surface area contributed by atoms with Gasteiger partial charge < -0.3 is 36.6 Å². The summed E-state index contributed by atoms with van der Waals surface area (Å²) in [5.41, 5.74) is 6.22. The van der Waals surface area contributed by atoms with Crippen molar-refractivity contribution in [3.05, 3.63) is 29.8 Å². The van der Waals surface area contributed by atoms with E-state index in [-0.39, 0.29) is 24.5 Å². The Balaban J connectivity index is 2.22. The first-order valence-electron chi connectivity index (χ1n) is 10.5. The Morgan fingerprint density at radius 2 is 1.76 bits per heavy atom. The molecule has 1 heterocycles. The van der Waals surface area contributed by atoms with E-state index in [4.69, 9.17) is 5.73 Å². The minimum atomic E-state index is -1.25. The summed E-state index contributed by atoms with van der Waals surface area (Å²) in [5.74, 6) is -3.23. The number of carboxylic acid groups (broad SMARTS) is 1. The van der Waals surface area contributed by atoms with Gasteiger partial charge in [-0.15, -0.1) is 0 Å². The first-order valence-corrected chi connectivity index (χ1v) is 11.1. The van der Waals surface area contributed by atoms with Gasteiger partial charge in [0.05, 0.1) is 6.10 Å². The molecule has 1 aliphatic heterocycles. The molecule has 0 aromatic heterocycles. The van der Waals surface area contributed by atoms with Gasteiger partial charge in [0.1, 0.15) is 29.9 Å². The lowest BCUT2D eigenvalue weighted by molar-refractivity contribution is -0.149. The lowest BCUT2D eigenvalue weighted by Crippen LogP contribution is -2.59. The van der Waals surface area contributed by atoms with Gasteiger partial charge in [0.2, 0.25) is 17.7 Å². The highest BCUT2D eigenvalue weighted by atomic mass is 32.1. The molecule has 11 nitrogen and oxygen atoms in total. The number of thiol groups is 1. The molecule has 1 aliphatic rings. The van der Waals surface area contributed by atoms with Crippen LogP contribution >= 0.6 is 12.6 Å². The van der Waals surface area contributed by atoms with Crippen molar-refractivity contribution in [2.24, 2.45) is 5.73 Å². The standard InChI is InChI=1S/C21H30N4O7S/c1-11(26)17(22)19(29)24-15(10-33)18(28)23-14(9-12-4-6-13(27)7-5-12)20(30)25-8-2-3-16(25)21(31)32/h4-7,11,14-17,26-27,33H,2-3,8-10,22H2,1H3,(H,23,28)(H,24,29)(H,31,32). The van der Waals surface area contributed by atoms with Crippen LogP contribution in [0.2, 0.25) is 0 Å². The van der Waals surface area contributed by atoms with E-state index in [0.29, 0.717) is 18.4 Å². The smallest absolute Gasteiger partial charge is 0.326 e. The van der Waals surface area contributed by atoms with Crippen molar-refractivity contribution in [2.75, 3.05) is 12.3 Å². The maximum absolute atomic E-state index is 13.2. The first kappa shape index (κ1) is 26.4. The zero-order valence-electron chi connectivity index (χ0n) is 18.2. The molecule has 0 saturated carbocycles. The number of amides is 3. The molecule has 0 radical (unpaired) electrons. The molecule has 1 aromatic carbocycles. The van der Waals surface area contributed by atoms with Crippen LogP contribution in [0.4, 0.5) is 0 Å². The number of likely N-dealkylation sites (tertiary alicyclic amines) is 1. The lowest BCUT2D eigenvalue weighted by atomic mass is 10.0. The number of aliphatic hydroxyl groups excluding tert-OH is 1. The Labute approximate surface area is 196 Å². The Bertz CT molecular complexity index is 865. The maximum atomic E-state index is 13.2. The number of carboxylic acids is 1. The fourth-order valence-electron chi connectivity index (χ4n) is 3.51. The topological polar surface area (TPSA) is 182 Å². The van der Waals surface area contributed by atoms with E-state index in [1.165, 1.54) is 24.0 Å². The van der Waals surface area contributed by atoms with Crippen LogP contribution in [0, 0.1) is 0 Å². The Morgan fingerprint density at radius 1 is 1.15 bits per heavy atom. The zero-order valence-corrected chi connectivity index (χ0v) is 19.1. The number of aliphatic hydroxyl groups is 1. The van der Waals surface area contributed by atoms with Crippen LogP contribution in [0.25, 0.3) is 0 Å². The summed E-state index contributed by atoms with van der Waals surface area (Å²) in [6.07, 6.45) is -0.267. The normalized spacial score (nSPS) is 19.3. The predicted octanol–water partition coefficient (Wildman–Crippen LogP) is -1.38. The van der Waals surface area contributed by atoms with Gasteiger partial charge in [0.15, 0.2) is 0 Å². The molecular formula is C21H30N4O7S. The van der Waals surface area contributed by atoms with Crippen molar-refractivity contribution < 1.29 is 34.5 Å². The highest BCUT2D eigenvalue weighted by Crippen LogP contribution is 2.20. The van der Waals surface area contributed by atoms with E-state index in [1.54, 1.807) is 12.1 Å². The SMILES string of the molecule is CC(O)C(N)C(=O)NC(CS)C(=O)NC(Cc1ccc(O)cc1)C(=O)N1CCCC1C(=O)O. The number of hydrogen-bond donors (Lipinski definition) is 7. The fraction of sp³-hybridized carbons (Fsp3) is 0.524. The average molecular weight is 483 g/mol. The largest absolute Gasteiger partial charge is 0.508 e. The molecule has 182 valence electrons. The third-order valence-electron chi connectivity index (χ3n) is 5.45. The number of aliphatic carboxylic acids is 1. The summed E-state index contributed by atoms with van der Waals surface area (Å²) < 4.78 is 0. The Morgan fingerprint density at radius 3 is 2.30 bits per heavy atom. The van der Waals surface area contributed by atoms with E-state index in [0.717, 1.165) is 0 Å². The van der Waals surface area contributed by atoms with Crippen molar-refractivity contribution in [3.63, 3.8) is 0 Å². The molecule has 1 saturated heterocycles. The van der Waals surface area contributed by atoms with Crippen molar-refractivity contribution in [3.8, 4) is 5.75 Å². The predicted molar refractivity (Wildman–Crippen MR) is 122 cm³/mol. The van der Waals surface area contributed by atoms with Crippen LogP contribution in [0.3, 0.4) is 0 Å². The van der Waals surface area contributed by atoms with Gasteiger partial charge in [-0.25, -0.2) is 4.79 Å². The molecule has 0 spiro atoms. The number of phenolic OH excluding ortho intramolecular Hbond substituents is 1. The second-order valence-electron chi connectivity index (χ2n) is 7.97. The van der Waals surface area contributed by atoms with Gasteiger partial charge in [-0.1, -0.05) is 12.1 Å². The Hall–Kier alpha value is -2.83. The molecule has 1 fully saturated rings. The minimum Gasteiger partial charge on any atom is -0.508 e. The second-order valence-corrected chi connectivity index (χ2v) is 8.33. The van der Waals surface area contributed by atoms with Gasteiger partial charge in [-0.3, -0.25) is 14.4 Å². The number of phenols is 1. The molecule has 1 aromatic rings. The summed E-state index contributed by atoms with van der Waals surface area (Å²) in [4.78, 5) is 51.1. The number of carbonyl (C=O) groups excluding carboxylic acids is 3. The molecule has 12 heteroatoms. The van der Waals surface area contributed by atoms with Crippen LogP contribution in [0.15, 0.2) is 24.3 Å². The van der Waals surface area contributed by atoms with Crippen LogP contribution in [-0.4, -0.2) is 86.5 Å². The third-order valence-corrected chi connectivity index (χ3v) is 5.81. The van der Waals surface area contributed by atoms with Gasteiger partial charge in [-0.2, -0.15) is 12.6 Å². The molecule has 0 aliphatic carbocycles. The second kappa shape index (κ2) is 11.9. The summed E-state index contributed by atoms with van der Waals surface area (Å²) in [6.45, 7) is 1.58. The van der Waals surface area contributed by atoms with Crippen molar-refractivity contribution >= 4 is 36.3 Å². The number of rotatable bonds is 10. The Kier molecular flexibility index (Phi) is 9.50. The summed E-state index contributed by atoms with van der Waals surface area (Å²) in [7, 11) is 0. The van der Waals surface area contributed by atoms with Gasteiger partial charge >= 0.3 is 5.97 Å². The zero-order chi connectivity index (χ0) is 24.7. The van der Waals surface area contributed by atoms with Gasteiger partial charge in [0.25, 0.3) is 0 Å². The average Bonchev–Trinajstić information content (AvgIpc) is 3.27. The van der Waals surface area contributed by atoms with Crippen molar-refractivity contribution in [1.29, 1.82) is 0 Å². The molecule has 3 amide bonds. The summed E-state index contributed by atoms with van der Waals surface area (Å²) in [6, 6.07) is 1.53. The van der Waals surface area contributed by atoms with E-state index in [1.807, 2.05) is 0 Å². The summed E-state index contributed by atoms with van der Waals surface area (Å²) >= 11 is 4.08. The van der Waals surface area contributed by atoms with Crippen LogP contribution < -0.4 is 16.4 Å². The molecule has 5 atom stereocenters. The highest BCUT2D eigenvalue weighted by Gasteiger charge is 2.38. The number of aromatic hydroxyl groups is 1. The highest BCUT2D eigenvalue weighted by molar-refractivity contribution is 7.80. The van der Waals surface area contributed by atoms with Crippen molar-refractivity contribution in [1.82, 2.24) is 15.5 Å². The first-order chi connectivity index (χ1) is 15.5. The number of nitrogens with zero attached hydrogens (tertiary/aromatic N) is 1. The van der Waals surface area contributed by atoms with E-state index in [2.05, 4.69) is 23.3 Å². The number of nitrogens with two attached hydrogens (primary N) is 1. The quantitative estimate of drug-likeness (QED) is 0.199. The maximum Gasteiger partial charge on any atom is 0.326 e. The van der Waals surface area contributed by atoms with Crippen LogP contribution in [0.1, 0.15) is 25.3 Å². The molecule has 7 N–H and O–H groups in total. The molecule has 0 bridgehead atoms.